The lowest BCUT2D eigenvalue weighted by Crippen LogP contribution is -2.17. The average molecular weight is 666 g/mol. The molecule has 0 aromatic heterocycles. The Morgan fingerprint density at radius 2 is 1.33 bits per heavy atom. The minimum absolute atomic E-state index is 0. The van der Waals surface area contributed by atoms with Gasteiger partial charge in [0, 0.05) is 23.4 Å². The van der Waals surface area contributed by atoms with Crippen LogP contribution in [0, 0.1) is 25.5 Å². The van der Waals surface area contributed by atoms with Crippen LogP contribution < -0.4 is 11.1 Å². The third kappa shape index (κ3) is 21.9. The van der Waals surface area contributed by atoms with Gasteiger partial charge in [0.2, 0.25) is 0 Å². The molecule has 3 N–H and O–H groups in total. The monoisotopic (exact) mass is 664 g/mol. The molecule has 0 unspecified atom stereocenters. The molecular weight excluding hydrogens is 619 g/mol. The van der Waals surface area contributed by atoms with E-state index >= 15 is 0 Å². The second-order valence-corrected chi connectivity index (χ2v) is 14.1. The number of nitrogens with two attached hydrogens (primary N) is 1. The zero-order valence-corrected chi connectivity index (χ0v) is 28.1. The van der Waals surface area contributed by atoms with E-state index in [0.29, 0.717) is 38.8 Å². The van der Waals surface area contributed by atoms with Gasteiger partial charge in [0.05, 0.1) is 10.7 Å². The van der Waals surface area contributed by atoms with Gasteiger partial charge in [-0.3, -0.25) is 0 Å². The Balaban J connectivity index is 0. The highest BCUT2D eigenvalue weighted by atomic mass is 35.5. The lowest BCUT2D eigenvalue weighted by molar-refractivity contribution is 0.215. The minimum Gasteiger partial charge on any atom is -0.399 e. The molecule has 0 saturated heterocycles. The van der Waals surface area contributed by atoms with Crippen LogP contribution in [0.5, 0.6) is 0 Å². The van der Waals surface area contributed by atoms with Crippen molar-refractivity contribution >= 4 is 51.9 Å². The normalized spacial score (nSPS) is 10.9. The number of aryl methyl sites for hydroxylation is 1. The van der Waals surface area contributed by atoms with E-state index < -0.39 is 21.5 Å². The number of hydrogen-bond acceptors (Lipinski definition) is 2. The van der Waals surface area contributed by atoms with Crippen LogP contribution in [0.4, 0.5) is 28.9 Å². The van der Waals surface area contributed by atoms with Crippen LogP contribution >= 0.6 is 34.8 Å². The Kier molecular flexibility index (Phi) is 18.3. The molecule has 9 heteroatoms. The Bertz CT molecular complexity index is 1230. The molecule has 3 aromatic rings. The van der Waals surface area contributed by atoms with Crippen LogP contribution in [-0.4, -0.2) is 15.7 Å². The van der Waals surface area contributed by atoms with Gasteiger partial charge in [-0.25, -0.2) is 17.6 Å². The highest BCUT2D eigenvalue weighted by molar-refractivity contribution is 6.47. The van der Waals surface area contributed by atoms with Crippen molar-refractivity contribution in [1.29, 1.82) is 0 Å². The predicted octanol–water partition coefficient (Wildman–Crippen LogP) is 12.5. The highest BCUT2D eigenvalue weighted by Gasteiger charge is 2.21. The fourth-order valence-electron chi connectivity index (χ4n) is 3.06. The van der Waals surface area contributed by atoms with E-state index in [1.165, 1.54) is 46.8 Å². The fourth-order valence-corrected chi connectivity index (χ4v) is 3.22. The third-order valence-electron chi connectivity index (χ3n) is 4.69. The lowest BCUT2D eigenvalue weighted by Gasteiger charge is -2.18. The highest BCUT2D eigenvalue weighted by Crippen LogP contribution is 2.30. The van der Waals surface area contributed by atoms with Gasteiger partial charge in [-0.1, -0.05) is 55.4 Å². The van der Waals surface area contributed by atoms with Gasteiger partial charge in [0.25, 0.3) is 0 Å². The Morgan fingerprint density at radius 3 is 1.74 bits per heavy atom. The minimum atomic E-state index is -1.47. The molecular formula is C34H47Cl3F4N2. The van der Waals surface area contributed by atoms with Gasteiger partial charge < -0.3 is 11.1 Å². The molecule has 0 aliphatic heterocycles. The van der Waals surface area contributed by atoms with Crippen molar-refractivity contribution < 1.29 is 17.6 Å². The summed E-state index contributed by atoms with van der Waals surface area (Å²) in [6.45, 7) is 18.4. The van der Waals surface area contributed by atoms with Gasteiger partial charge >= 0.3 is 0 Å². The molecule has 0 aliphatic rings. The largest absolute Gasteiger partial charge is 0.399 e. The molecule has 3 aromatic carbocycles. The maximum Gasteiger partial charge on any atom is 0.130 e. The van der Waals surface area contributed by atoms with Gasteiger partial charge in [-0.15, -0.1) is 23.2 Å². The number of nitrogen functional groups attached to an aromatic ring is 1. The number of anilines is 2. The van der Waals surface area contributed by atoms with Gasteiger partial charge in [0.15, 0.2) is 0 Å². The van der Waals surface area contributed by atoms with E-state index in [-0.39, 0.29) is 19.7 Å². The molecule has 0 atom stereocenters. The molecule has 0 spiro atoms. The van der Waals surface area contributed by atoms with Crippen LogP contribution in [0.3, 0.4) is 0 Å². The Hall–Kier alpha value is -2.41. The number of hydrogen-bond donors (Lipinski definition) is 2. The summed E-state index contributed by atoms with van der Waals surface area (Å²) in [6, 6.07) is 14.8. The van der Waals surface area contributed by atoms with Gasteiger partial charge in [-0.05, 0) is 104 Å². The molecule has 0 radical (unpaired) electrons. The zero-order chi connectivity index (χ0) is 33.1. The summed E-state index contributed by atoms with van der Waals surface area (Å²) in [6.07, 6.45) is 0.0148. The Labute approximate surface area is 271 Å². The van der Waals surface area contributed by atoms with Crippen molar-refractivity contribution in [3.05, 3.63) is 100 Å². The summed E-state index contributed by atoms with van der Waals surface area (Å²) in [5.74, 6) is -0.588. The molecule has 0 saturated carbocycles. The van der Waals surface area contributed by atoms with Gasteiger partial charge in [-0.2, -0.15) is 0 Å². The summed E-state index contributed by atoms with van der Waals surface area (Å²) in [5, 5.41) is 3.54. The SMILES string of the molecule is C.C=C(Nc1cc(N)ccc1Cl)c1ccc(CC(C)(C)F)c(F)c1C.CC(C)(C)F.CC(C)(Cl)Cl.Cc1ccc(F)cc1. The smallest absolute Gasteiger partial charge is 0.130 e. The first-order valence-corrected chi connectivity index (χ1v) is 14.3. The van der Waals surface area contributed by atoms with Crippen molar-refractivity contribution in [2.75, 3.05) is 11.1 Å². The molecule has 43 heavy (non-hydrogen) atoms. The van der Waals surface area contributed by atoms with E-state index in [9.17, 15) is 17.6 Å². The quantitative estimate of drug-likeness (QED) is 0.162. The van der Waals surface area contributed by atoms with Crippen molar-refractivity contribution in [2.45, 2.75) is 91.8 Å². The van der Waals surface area contributed by atoms with E-state index in [4.69, 9.17) is 40.5 Å². The molecule has 2 nitrogen and oxygen atoms in total. The van der Waals surface area contributed by atoms with E-state index in [2.05, 4.69) is 11.9 Å². The summed E-state index contributed by atoms with van der Waals surface area (Å²) < 4.78 is 51.6. The summed E-state index contributed by atoms with van der Waals surface area (Å²) in [5.41, 5.74) is 7.36. The molecule has 0 bridgehead atoms. The summed E-state index contributed by atoms with van der Waals surface area (Å²) in [7, 11) is 0. The number of benzene rings is 3. The number of rotatable bonds is 5. The van der Waals surface area contributed by atoms with Crippen molar-refractivity contribution in [3.8, 4) is 0 Å². The molecule has 0 amide bonds. The van der Waals surface area contributed by atoms with E-state index in [0.717, 1.165) is 5.56 Å². The standard InChI is InChI=1S/C19H21ClF2N2.C7H7F.C4H9F.C3H6Cl2.CH4/c1-11-15(7-5-13(18(11)21)10-19(3,4)22)12(2)24-17-9-14(23)6-8-16(17)20;1-6-2-4-7(8)5-3-6;1-4(2,3)5;1-3(2,4)5;/h5-9,24H,2,10,23H2,1,3-4H3;2-5H,1H3;1-3H3;1-2H3;1H4. The number of alkyl halides is 4. The molecule has 0 aliphatic carbocycles. The van der Waals surface area contributed by atoms with Crippen molar-refractivity contribution in [3.63, 3.8) is 0 Å². The first-order chi connectivity index (χ1) is 18.9. The predicted molar refractivity (Wildman–Crippen MR) is 183 cm³/mol. The third-order valence-corrected chi connectivity index (χ3v) is 5.02. The van der Waals surface area contributed by atoms with E-state index in [1.807, 2.05) is 6.92 Å². The maximum absolute atomic E-state index is 14.6. The average Bonchev–Trinajstić information content (AvgIpc) is 2.79. The number of halogens is 7. The van der Waals surface area contributed by atoms with Crippen LogP contribution in [0.2, 0.25) is 5.02 Å². The fraction of sp³-hybridized carbons (Fsp3) is 0.412. The van der Waals surface area contributed by atoms with Crippen molar-refractivity contribution in [2.24, 2.45) is 0 Å². The second-order valence-electron chi connectivity index (χ2n) is 11.6. The van der Waals surface area contributed by atoms with Crippen LogP contribution in [0.25, 0.3) is 5.70 Å². The first kappa shape index (κ1) is 42.7. The van der Waals surface area contributed by atoms with E-state index in [1.54, 1.807) is 63.2 Å². The van der Waals surface area contributed by atoms with Crippen LogP contribution in [0.15, 0.2) is 61.2 Å². The molecule has 0 fully saturated rings. The topological polar surface area (TPSA) is 38.0 Å². The molecule has 3 rings (SSSR count). The number of nitrogens with one attached hydrogen (secondary N) is 1. The van der Waals surface area contributed by atoms with Crippen LogP contribution in [-0.2, 0) is 6.42 Å². The first-order valence-electron chi connectivity index (χ1n) is 13.1. The lowest BCUT2D eigenvalue weighted by atomic mass is 9.95. The maximum atomic E-state index is 14.6. The molecule has 0 heterocycles. The second kappa shape index (κ2) is 18.4. The van der Waals surface area contributed by atoms with Crippen LogP contribution in [0.1, 0.15) is 78.1 Å². The van der Waals surface area contributed by atoms with Crippen molar-refractivity contribution in [1.82, 2.24) is 0 Å². The Morgan fingerprint density at radius 1 is 0.860 bits per heavy atom. The summed E-state index contributed by atoms with van der Waals surface area (Å²) in [4.78, 5) is 0. The molecule has 242 valence electrons. The summed E-state index contributed by atoms with van der Waals surface area (Å²) >= 11 is 16.7. The van der Waals surface area contributed by atoms with Gasteiger partial charge in [0.1, 0.15) is 27.3 Å². The zero-order valence-electron chi connectivity index (χ0n) is 25.8.